The van der Waals surface area contributed by atoms with Crippen LogP contribution in [0.5, 0.6) is 0 Å². The molecular formula is C19H19N3O2. The van der Waals surface area contributed by atoms with Crippen LogP contribution in [0.15, 0.2) is 53.5 Å². The third kappa shape index (κ3) is 2.80. The van der Waals surface area contributed by atoms with Gasteiger partial charge in [-0.3, -0.25) is 9.59 Å². The van der Waals surface area contributed by atoms with E-state index in [2.05, 4.69) is 10.4 Å². The molecule has 0 spiro atoms. The highest BCUT2D eigenvalue weighted by Crippen LogP contribution is 2.20. The van der Waals surface area contributed by atoms with E-state index in [1.807, 2.05) is 44.2 Å². The molecule has 1 aromatic heterocycles. The van der Waals surface area contributed by atoms with Crippen molar-refractivity contribution in [3.63, 3.8) is 0 Å². The van der Waals surface area contributed by atoms with E-state index in [0.29, 0.717) is 5.39 Å². The summed E-state index contributed by atoms with van der Waals surface area (Å²) in [4.78, 5) is 25.2. The molecule has 24 heavy (non-hydrogen) atoms. The molecule has 1 heterocycles. The SMILES string of the molecule is Cc1cccc(C)c1NC(=O)C(C)n1ncc2ccccc2c1=O. The van der Waals surface area contributed by atoms with E-state index in [1.165, 1.54) is 4.68 Å². The minimum Gasteiger partial charge on any atom is -0.324 e. The summed E-state index contributed by atoms with van der Waals surface area (Å²) in [6.45, 7) is 5.55. The average molecular weight is 321 g/mol. The summed E-state index contributed by atoms with van der Waals surface area (Å²) in [5.74, 6) is -0.266. The van der Waals surface area contributed by atoms with Gasteiger partial charge >= 0.3 is 0 Å². The molecule has 5 nitrogen and oxygen atoms in total. The summed E-state index contributed by atoms with van der Waals surface area (Å²) in [6, 6.07) is 12.3. The smallest absolute Gasteiger partial charge is 0.275 e. The van der Waals surface area contributed by atoms with Crippen LogP contribution in [0.4, 0.5) is 5.69 Å². The molecule has 2 aromatic carbocycles. The molecule has 0 aliphatic heterocycles. The lowest BCUT2D eigenvalue weighted by molar-refractivity contribution is -0.119. The number of rotatable bonds is 3. The highest BCUT2D eigenvalue weighted by atomic mass is 16.2. The monoisotopic (exact) mass is 321 g/mol. The first-order chi connectivity index (χ1) is 11.5. The fourth-order valence-corrected chi connectivity index (χ4v) is 2.73. The second-order valence-corrected chi connectivity index (χ2v) is 5.91. The normalized spacial score (nSPS) is 12.1. The van der Waals surface area contributed by atoms with Gasteiger partial charge in [-0.15, -0.1) is 0 Å². The summed E-state index contributed by atoms with van der Waals surface area (Å²) in [5.41, 5.74) is 2.48. The van der Waals surface area contributed by atoms with Crippen LogP contribution in [-0.4, -0.2) is 15.7 Å². The molecule has 122 valence electrons. The first-order valence-corrected chi connectivity index (χ1v) is 7.82. The fraction of sp³-hybridized carbons (Fsp3) is 0.211. The number of fused-ring (bicyclic) bond motifs is 1. The number of aromatic nitrogens is 2. The van der Waals surface area contributed by atoms with Gasteiger partial charge in [0, 0.05) is 11.1 Å². The maximum atomic E-state index is 12.6. The molecule has 0 saturated carbocycles. The molecule has 0 fully saturated rings. The van der Waals surface area contributed by atoms with Gasteiger partial charge in [0.05, 0.1) is 11.6 Å². The molecule has 5 heteroatoms. The molecule has 0 radical (unpaired) electrons. The van der Waals surface area contributed by atoms with Crippen LogP contribution < -0.4 is 10.9 Å². The lowest BCUT2D eigenvalue weighted by atomic mass is 10.1. The van der Waals surface area contributed by atoms with Gasteiger partial charge in [-0.2, -0.15) is 5.10 Å². The van der Waals surface area contributed by atoms with Crippen molar-refractivity contribution < 1.29 is 4.79 Å². The summed E-state index contributed by atoms with van der Waals surface area (Å²) >= 11 is 0. The largest absolute Gasteiger partial charge is 0.324 e. The molecule has 0 aliphatic carbocycles. The van der Waals surface area contributed by atoms with Crippen molar-refractivity contribution in [3.05, 3.63) is 70.1 Å². The maximum Gasteiger partial charge on any atom is 0.275 e. The minimum absolute atomic E-state index is 0.266. The predicted octanol–water partition coefficient (Wildman–Crippen LogP) is 3.21. The Morgan fingerprint density at radius 3 is 2.46 bits per heavy atom. The number of carbonyl (C=O) groups is 1. The lowest BCUT2D eigenvalue weighted by Gasteiger charge is -2.17. The number of nitrogens with one attached hydrogen (secondary N) is 1. The number of aryl methyl sites for hydroxylation is 2. The van der Waals surface area contributed by atoms with Crippen molar-refractivity contribution >= 4 is 22.4 Å². The number of para-hydroxylation sites is 1. The van der Waals surface area contributed by atoms with E-state index < -0.39 is 6.04 Å². The number of benzene rings is 2. The molecule has 1 unspecified atom stereocenters. The second-order valence-electron chi connectivity index (χ2n) is 5.91. The number of amides is 1. The predicted molar refractivity (Wildman–Crippen MR) is 95.3 cm³/mol. The molecule has 0 saturated heterocycles. The summed E-state index contributed by atoms with van der Waals surface area (Å²) in [5, 5.41) is 8.39. The van der Waals surface area contributed by atoms with Crippen molar-refractivity contribution in [1.29, 1.82) is 0 Å². The zero-order chi connectivity index (χ0) is 17.3. The maximum absolute atomic E-state index is 12.6. The van der Waals surface area contributed by atoms with Crippen molar-refractivity contribution in [3.8, 4) is 0 Å². The Kier molecular flexibility index (Phi) is 4.16. The van der Waals surface area contributed by atoms with Crippen LogP contribution in [0.2, 0.25) is 0 Å². The Labute approximate surface area is 139 Å². The van der Waals surface area contributed by atoms with Gasteiger partial charge in [-0.25, -0.2) is 4.68 Å². The van der Waals surface area contributed by atoms with Crippen LogP contribution in [0.25, 0.3) is 10.8 Å². The van der Waals surface area contributed by atoms with Gasteiger partial charge in [0.25, 0.3) is 5.56 Å². The molecule has 1 N–H and O–H groups in total. The third-order valence-electron chi connectivity index (χ3n) is 4.20. The van der Waals surface area contributed by atoms with Crippen LogP contribution in [0.3, 0.4) is 0 Å². The van der Waals surface area contributed by atoms with E-state index in [0.717, 1.165) is 22.2 Å². The van der Waals surface area contributed by atoms with Crippen LogP contribution in [-0.2, 0) is 4.79 Å². The van der Waals surface area contributed by atoms with E-state index >= 15 is 0 Å². The Morgan fingerprint density at radius 2 is 1.75 bits per heavy atom. The molecule has 1 amide bonds. The number of carbonyl (C=O) groups excluding carboxylic acids is 1. The molecule has 3 rings (SSSR count). The van der Waals surface area contributed by atoms with E-state index in [-0.39, 0.29) is 11.5 Å². The van der Waals surface area contributed by atoms with Crippen LogP contribution in [0.1, 0.15) is 24.1 Å². The average Bonchev–Trinajstić information content (AvgIpc) is 2.58. The summed E-state index contributed by atoms with van der Waals surface area (Å²) < 4.78 is 1.23. The Bertz CT molecular complexity index is 956. The van der Waals surface area contributed by atoms with Gasteiger partial charge in [0.2, 0.25) is 5.91 Å². The first kappa shape index (κ1) is 15.9. The summed E-state index contributed by atoms with van der Waals surface area (Å²) in [7, 11) is 0. The molecule has 0 bridgehead atoms. The van der Waals surface area contributed by atoms with Gasteiger partial charge < -0.3 is 5.32 Å². The van der Waals surface area contributed by atoms with Gasteiger partial charge in [-0.05, 0) is 38.0 Å². The topological polar surface area (TPSA) is 64.0 Å². The zero-order valence-electron chi connectivity index (χ0n) is 13.9. The first-order valence-electron chi connectivity index (χ1n) is 7.82. The third-order valence-corrected chi connectivity index (χ3v) is 4.20. The highest BCUT2D eigenvalue weighted by molar-refractivity contribution is 5.95. The quantitative estimate of drug-likeness (QED) is 0.805. The van der Waals surface area contributed by atoms with E-state index in [1.54, 1.807) is 25.3 Å². The van der Waals surface area contributed by atoms with Crippen molar-refractivity contribution in [1.82, 2.24) is 9.78 Å². The fourth-order valence-electron chi connectivity index (χ4n) is 2.73. The Balaban J connectivity index is 1.94. The van der Waals surface area contributed by atoms with Gasteiger partial charge in [-0.1, -0.05) is 36.4 Å². The van der Waals surface area contributed by atoms with E-state index in [9.17, 15) is 9.59 Å². The second kappa shape index (κ2) is 6.28. The Hall–Kier alpha value is -2.95. The number of nitrogens with zero attached hydrogens (tertiary/aromatic N) is 2. The van der Waals surface area contributed by atoms with Crippen LogP contribution >= 0.6 is 0 Å². The number of anilines is 1. The van der Waals surface area contributed by atoms with Crippen LogP contribution in [0, 0.1) is 13.8 Å². The standard InChI is InChI=1S/C19H19N3O2/c1-12-7-6-8-13(2)17(12)21-18(23)14(3)22-19(24)16-10-5-4-9-15(16)11-20-22/h4-11,14H,1-3H3,(H,21,23). The zero-order valence-corrected chi connectivity index (χ0v) is 13.9. The molecular weight excluding hydrogens is 302 g/mol. The minimum atomic E-state index is -0.707. The van der Waals surface area contributed by atoms with Crippen molar-refractivity contribution in [2.45, 2.75) is 26.8 Å². The highest BCUT2D eigenvalue weighted by Gasteiger charge is 2.19. The van der Waals surface area contributed by atoms with Crippen molar-refractivity contribution in [2.75, 3.05) is 5.32 Å². The van der Waals surface area contributed by atoms with Gasteiger partial charge in [0.1, 0.15) is 6.04 Å². The van der Waals surface area contributed by atoms with E-state index in [4.69, 9.17) is 0 Å². The van der Waals surface area contributed by atoms with Crippen molar-refractivity contribution in [2.24, 2.45) is 0 Å². The number of hydrogen-bond acceptors (Lipinski definition) is 3. The molecule has 3 aromatic rings. The molecule has 0 aliphatic rings. The Morgan fingerprint density at radius 1 is 1.08 bits per heavy atom. The van der Waals surface area contributed by atoms with Gasteiger partial charge in [0.15, 0.2) is 0 Å². The number of hydrogen-bond donors (Lipinski definition) is 1. The summed E-state index contributed by atoms with van der Waals surface area (Å²) in [6.07, 6.45) is 1.61. The lowest BCUT2D eigenvalue weighted by Crippen LogP contribution is -2.33. The molecule has 1 atom stereocenters.